The minimum atomic E-state index is -0.0797. The number of rotatable bonds is 8. The molecule has 1 amide bonds. The minimum absolute atomic E-state index is 0.0797. The van der Waals surface area contributed by atoms with Crippen molar-refractivity contribution < 1.29 is 14.3 Å². The number of hydrogen-bond donors (Lipinski definition) is 1. The van der Waals surface area contributed by atoms with Crippen LogP contribution in [0.1, 0.15) is 37.1 Å². The van der Waals surface area contributed by atoms with Gasteiger partial charge in [-0.15, -0.1) is 0 Å². The Morgan fingerprint density at radius 3 is 2.82 bits per heavy atom. The third-order valence-electron chi connectivity index (χ3n) is 4.79. The summed E-state index contributed by atoms with van der Waals surface area (Å²) in [5.74, 6) is 0.769. The molecule has 28 heavy (non-hydrogen) atoms. The number of benzene rings is 1. The lowest BCUT2D eigenvalue weighted by molar-refractivity contribution is -0.126. The first-order chi connectivity index (χ1) is 13.5. The van der Waals surface area contributed by atoms with Gasteiger partial charge >= 0.3 is 0 Å². The molecular weight excluding hydrogens is 401 g/mol. The maximum absolute atomic E-state index is 11.7. The van der Waals surface area contributed by atoms with Gasteiger partial charge in [-0.2, -0.15) is 0 Å². The molecule has 1 N–H and O–H groups in total. The molecule has 152 valence electrons. The molecule has 8 heteroatoms. The van der Waals surface area contributed by atoms with Crippen molar-refractivity contribution in [3.05, 3.63) is 52.0 Å². The fourth-order valence-electron chi connectivity index (χ4n) is 3.54. The number of halogens is 2. The van der Waals surface area contributed by atoms with E-state index in [2.05, 4.69) is 10.3 Å². The Bertz CT molecular complexity index is 777. The SMILES string of the molecule is COCC(=O)NC1CCCC(OCc2nccn2Cc2cc(Cl)cc(Cl)c2)C1. The molecule has 1 saturated carbocycles. The number of ether oxygens (including phenoxy) is 2. The Morgan fingerprint density at radius 2 is 2.07 bits per heavy atom. The summed E-state index contributed by atoms with van der Waals surface area (Å²) in [4.78, 5) is 16.1. The Labute approximate surface area is 175 Å². The van der Waals surface area contributed by atoms with E-state index < -0.39 is 0 Å². The number of aromatic nitrogens is 2. The predicted octanol–water partition coefficient (Wildman–Crippen LogP) is 3.83. The van der Waals surface area contributed by atoms with Crippen molar-refractivity contribution in [1.82, 2.24) is 14.9 Å². The third-order valence-corrected chi connectivity index (χ3v) is 5.23. The molecule has 2 unspecified atom stereocenters. The highest BCUT2D eigenvalue weighted by Crippen LogP contribution is 2.23. The van der Waals surface area contributed by atoms with Gasteiger partial charge in [0.15, 0.2) is 0 Å². The molecule has 1 aromatic carbocycles. The second-order valence-electron chi connectivity index (χ2n) is 7.05. The molecule has 0 radical (unpaired) electrons. The van der Waals surface area contributed by atoms with Gasteiger partial charge in [0, 0.05) is 42.1 Å². The molecule has 6 nitrogen and oxygen atoms in total. The van der Waals surface area contributed by atoms with E-state index in [1.807, 2.05) is 22.9 Å². The smallest absolute Gasteiger partial charge is 0.246 e. The first-order valence-electron chi connectivity index (χ1n) is 9.38. The molecule has 0 aliphatic heterocycles. The largest absolute Gasteiger partial charge is 0.375 e. The molecule has 0 saturated heterocycles. The maximum atomic E-state index is 11.7. The lowest BCUT2D eigenvalue weighted by atomic mass is 9.93. The van der Waals surface area contributed by atoms with Crippen LogP contribution in [0.5, 0.6) is 0 Å². The molecule has 1 aliphatic carbocycles. The number of carbonyl (C=O) groups excluding carboxylic acids is 1. The number of hydrogen-bond acceptors (Lipinski definition) is 4. The first-order valence-corrected chi connectivity index (χ1v) is 10.1. The monoisotopic (exact) mass is 425 g/mol. The van der Waals surface area contributed by atoms with Gasteiger partial charge in [0.1, 0.15) is 19.0 Å². The van der Waals surface area contributed by atoms with Crippen molar-refractivity contribution in [3.8, 4) is 0 Å². The minimum Gasteiger partial charge on any atom is -0.375 e. The van der Waals surface area contributed by atoms with Crippen molar-refractivity contribution in [2.45, 2.75) is 51.0 Å². The number of carbonyl (C=O) groups is 1. The number of imidazole rings is 1. The first kappa shape index (κ1) is 21.1. The van der Waals surface area contributed by atoms with Crippen LogP contribution < -0.4 is 5.32 Å². The normalized spacial score (nSPS) is 19.5. The van der Waals surface area contributed by atoms with Crippen LogP contribution in [0.15, 0.2) is 30.6 Å². The van der Waals surface area contributed by atoms with Gasteiger partial charge in [0.25, 0.3) is 0 Å². The zero-order valence-electron chi connectivity index (χ0n) is 15.9. The van der Waals surface area contributed by atoms with Gasteiger partial charge in [-0.05, 0) is 49.4 Å². The van der Waals surface area contributed by atoms with Crippen molar-refractivity contribution in [2.24, 2.45) is 0 Å². The topological polar surface area (TPSA) is 65.4 Å². The zero-order valence-corrected chi connectivity index (χ0v) is 17.4. The summed E-state index contributed by atoms with van der Waals surface area (Å²) in [6, 6.07) is 5.64. The van der Waals surface area contributed by atoms with E-state index in [4.69, 9.17) is 32.7 Å². The number of amides is 1. The van der Waals surface area contributed by atoms with Gasteiger partial charge in [0.2, 0.25) is 5.91 Å². The van der Waals surface area contributed by atoms with Crippen LogP contribution in [0.4, 0.5) is 0 Å². The van der Waals surface area contributed by atoms with Gasteiger partial charge in [-0.25, -0.2) is 4.98 Å². The zero-order chi connectivity index (χ0) is 19.9. The summed E-state index contributed by atoms with van der Waals surface area (Å²) in [7, 11) is 1.52. The summed E-state index contributed by atoms with van der Waals surface area (Å²) >= 11 is 12.2. The molecular formula is C20H25Cl2N3O3. The van der Waals surface area contributed by atoms with Crippen molar-refractivity contribution >= 4 is 29.1 Å². The van der Waals surface area contributed by atoms with Crippen LogP contribution in [0.3, 0.4) is 0 Å². The van der Waals surface area contributed by atoms with E-state index >= 15 is 0 Å². The average Bonchev–Trinajstić information content (AvgIpc) is 3.06. The quantitative estimate of drug-likeness (QED) is 0.697. The van der Waals surface area contributed by atoms with Crippen LogP contribution in [-0.4, -0.2) is 41.3 Å². The van der Waals surface area contributed by atoms with E-state index in [0.29, 0.717) is 23.2 Å². The highest BCUT2D eigenvalue weighted by Gasteiger charge is 2.24. The summed E-state index contributed by atoms with van der Waals surface area (Å²) in [6.45, 7) is 1.14. The highest BCUT2D eigenvalue weighted by molar-refractivity contribution is 6.34. The fourth-order valence-corrected chi connectivity index (χ4v) is 4.11. The van der Waals surface area contributed by atoms with Gasteiger partial charge < -0.3 is 19.4 Å². The lowest BCUT2D eigenvalue weighted by Gasteiger charge is -2.29. The summed E-state index contributed by atoms with van der Waals surface area (Å²) in [5, 5.41) is 4.24. The molecule has 3 rings (SSSR count). The van der Waals surface area contributed by atoms with E-state index in [1.54, 1.807) is 12.3 Å². The number of nitrogens with one attached hydrogen (secondary N) is 1. The summed E-state index contributed by atoms with van der Waals surface area (Å²) in [6.07, 6.45) is 7.58. The lowest BCUT2D eigenvalue weighted by Crippen LogP contribution is -2.41. The Hall–Kier alpha value is -1.60. The van der Waals surface area contributed by atoms with Crippen molar-refractivity contribution in [1.29, 1.82) is 0 Å². The van der Waals surface area contributed by atoms with E-state index in [-0.39, 0.29) is 24.7 Å². The fraction of sp³-hybridized carbons (Fsp3) is 0.500. The van der Waals surface area contributed by atoms with Crippen molar-refractivity contribution in [2.75, 3.05) is 13.7 Å². The summed E-state index contributed by atoms with van der Waals surface area (Å²) in [5.41, 5.74) is 1.01. The Kier molecular flexibility index (Phi) is 7.73. The van der Waals surface area contributed by atoms with E-state index in [1.165, 1.54) is 7.11 Å². The standard InChI is InChI=1S/C20H25Cl2N3O3/c1-27-13-20(26)24-17-3-2-4-18(10-17)28-12-19-23-5-6-25(19)11-14-7-15(21)9-16(22)8-14/h5-9,17-18H,2-4,10-13H2,1H3,(H,24,26). The molecule has 1 aliphatic rings. The van der Waals surface area contributed by atoms with Crippen LogP contribution >= 0.6 is 23.2 Å². The number of nitrogens with zero attached hydrogens (tertiary/aromatic N) is 2. The molecule has 0 bridgehead atoms. The Morgan fingerprint density at radius 1 is 1.29 bits per heavy atom. The van der Waals surface area contributed by atoms with Crippen LogP contribution in [-0.2, 0) is 27.4 Å². The maximum Gasteiger partial charge on any atom is 0.246 e. The van der Waals surface area contributed by atoms with E-state index in [9.17, 15) is 4.79 Å². The molecule has 1 aromatic heterocycles. The summed E-state index contributed by atoms with van der Waals surface area (Å²) < 4.78 is 13.0. The second kappa shape index (κ2) is 10.3. The molecule has 1 fully saturated rings. The average molecular weight is 426 g/mol. The second-order valence-corrected chi connectivity index (χ2v) is 7.92. The molecule has 2 atom stereocenters. The van der Waals surface area contributed by atoms with Crippen LogP contribution in [0.2, 0.25) is 10.0 Å². The molecule has 1 heterocycles. The molecule has 2 aromatic rings. The molecule has 0 spiro atoms. The Balaban J connectivity index is 1.54. The van der Waals surface area contributed by atoms with Crippen LogP contribution in [0, 0.1) is 0 Å². The third kappa shape index (κ3) is 6.21. The van der Waals surface area contributed by atoms with Gasteiger partial charge in [-0.1, -0.05) is 23.2 Å². The number of methoxy groups -OCH3 is 1. The highest BCUT2D eigenvalue weighted by atomic mass is 35.5. The van der Waals surface area contributed by atoms with Gasteiger partial charge in [0.05, 0.1) is 6.10 Å². The predicted molar refractivity (Wildman–Crippen MR) is 109 cm³/mol. The van der Waals surface area contributed by atoms with Gasteiger partial charge in [-0.3, -0.25) is 4.79 Å². The van der Waals surface area contributed by atoms with E-state index in [0.717, 1.165) is 37.1 Å². The van der Waals surface area contributed by atoms with Crippen LogP contribution in [0.25, 0.3) is 0 Å². The van der Waals surface area contributed by atoms with Crippen molar-refractivity contribution in [3.63, 3.8) is 0 Å².